The summed E-state index contributed by atoms with van der Waals surface area (Å²) in [4.78, 5) is 11.9. The maximum atomic E-state index is 11.9. The van der Waals surface area contributed by atoms with E-state index < -0.39 is 0 Å². The zero-order valence-corrected chi connectivity index (χ0v) is 14.8. The fraction of sp³-hybridized carbons (Fsp3) is 0.389. The summed E-state index contributed by atoms with van der Waals surface area (Å²) in [6.07, 6.45) is 4.57. The summed E-state index contributed by atoms with van der Waals surface area (Å²) in [6, 6.07) is 7.10. The molecule has 3 heterocycles. The van der Waals surface area contributed by atoms with Crippen molar-refractivity contribution in [3.05, 3.63) is 46.1 Å². The molecule has 0 N–H and O–H groups in total. The Hall–Kier alpha value is -2.28. The van der Waals surface area contributed by atoms with Crippen molar-refractivity contribution in [1.29, 1.82) is 0 Å². The van der Waals surface area contributed by atoms with Crippen molar-refractivity contribution in [2.75, 3.05) is 7.11 Å². The lowest BCUT2D eigenvalue weighted by Gasteiger charge is -2.08. The highest BCUT2D eigenvalue weighted by molar-refractivity contribution is 7.98. The van der Waals surface area contributed by atoms with E-state index in [-0.39, 0.29) is 5.63 Å². The van der Waals surface area contributed by atoms with E-state index in [0.717, 1.165) is 41.3 Å². The topological polar surface area (TPSA) is 70.2 Å². The molecule has 4 rings (SSSR count). The third kappa shape index (κ3) is 3.28. The van der Waals surface area contributed by atoms with Crippen LogP contribution in [0.5, 0.6) is 5.75 Å². The number of benzene rings is 1. The highest BCUT2D eigenvalue weighted by Crippen LogP contribution is 2.29. The number of methoxy groups -OCH3 is 1. The third-order valence-electron chi connectivity index (χ3n) is 4.47. The van der Waals surface area contributed by atoms with Crippen LogP contribution in [-0.2, 0) is 18.7 Å². The average Bonchev–Trinajstić information content (AvgIpc) is 2.85. The van der Waals surface area contributed by atoms with Gasteiger partial charge in [0.2, 0.25) is 0 Å². The second kappa shape index (κ2) is 6.92. The quantitative estimate of drug-likeness (QED) is 0.526. The Kier molecular flexibility index (Phi) is 4.48. The van der Waals surface area contributed by atoms with E-state index in [2.05, 4.69) is 14.8 Å². The average molecular weight is 357 g/mol. The molecule has 3 aromatic rings. The van der Waals surface area contributed by atoms with Gasteiger partial charge in [-0.05, 0) is 30.5 Å². The first-order chi connectivity index (χ1) is 12.2. The SMILES string of the molecule is COc1ccc2c(CSc3nnc4n3CCCCC4)cc(=O)oc2c1. The molecule has 1 aliphatic rings. The van der Waals surface area contributed by atoms with Crippen molar-refractivity contribution in [1.82, 2.24) is 14.8 Å². The van der Waals surface area contributed by atoms with E-state index in [1.54, 1.807) is 31.0 Å². The molecule has 0 atom stereocenters. The molecule has 0 spiro atoms. The van der Waals surface area contributed by atoms with E-state index in [1.165, 1.54) is 12.8 Å². The Balaban J connectivity index is 1.63. The zero-order chi connectivity index (χ0) is 17.2. The highest BCUT2D eigenvalue weighted by Gasteiger charge is 2.16. The Bertz CT molecular complexity index is 964. The Morgan fingerprint density at radius 2 is 2.16 bits per heavy atom. The fourth-order valence-electron chi connectivity index (χ4n) is 3.16. The Morgan fingerprint density at radius 1 is 1.24 bits per heavy atom. The van der Waals surface area contributed by atoms with Crippen molar-refractivity contribution in [2.24, 2.45) is 0 Å². The third-order valence-corrected chi connectivity index (χ3v) is 5.49. The zero-order valence-electron chi connectivity index (χ0n) is 14.0. The number of hydrogen-bond donors (Lipinski definition) is 0. The molecule has 6 nitrogen and oxygen atoms in total. The minimum atomic E-state index is -0.351. The van der Waals surface area contributed by atoms with Gasteiger partial charge in [0.1, 0.15) is 17.2 Å². The second-order valence-corrected chi connectivity index (χ2v) is 7.05. The van der Waals surface area contributed by atoms with Crippen molar-refractivity contribution < 1.29 is 9.15 Å². The molecule has 0 fully saturated rings. The molecule has 130 valence electrons. The van der Waals surface area contributed by atoms with Crippen LogP contribution in [0.15, 0.2) is 38.6 Å². The van der Waals surface area contributed by atoms with Crippen molar-refractivity contribution in [3.63, 3.8) is 0 Å². The van der Waals surface area contributed by atoms with Gasteiger partial charge >= 0.3 is 5.63 Å². The first-order valence-electron chi connectivity index (χ1n) is 8.40. The number of ether oxygens (including phenoxy) is 1. The van der Waals surface area contributed by atoms with E-state index in [9.17, 15) is 4.79 Å². The van der Waals surface area contributed by atoms with E-state index >= 15 is 0 Å². The number of fused-ring (bicyclic) bond motifs is 2. The van der Waals surface area contributed by atoms with Gasteiger partial charge in [-0.1, -0.05) is 18.2 Å². The molecule has 7 heteroatoms. The molecule has 0 unspecified atom stereocenters. The molecule has 1 aromatic carbocycles. The summed E-state index contributed by atoms with van der Waals surface area (Å²) in [5.74, 6) is 2.39. The molecule has 0 bridgehead atoms. The largest absolute Gasteiger partial charge is 0.497 e. The van der Waals surface area contributed by atoms with Gasteiger partial charge in [0.25, 0.3) is 0 Å². The molecule has 0 saturated heterocycles. The van der Waals surface area contributed by atoms with Crippen LogP contribution in [0.25, 0.3) is 11.0 Å². The molecule has 2 aromatic heterocycles. The van der Waals surface area contributed by atoms with Crippen LogP contribution in [0.2, 0.25) is 0 Å². The minimum absolute atomic E-state index is 0.351. The minimum Gasteiger partial charge on any atom is -0.497 e. The lowest BCUT2D eigenvalue weighted by molar-refractivity contribution is 0.414. The monoisotopic (exact) mass is 357 g/mol. The van der Waals surface area contributed by atoms with E-state index in [4.69, 9.17) is 9.15 Å². The lowest BCUT2D eigenvalue weighted by atomic mass is 10.1. The molecule has 25 heavy (non-hydrogen) atoms. The number of aromatic nitrogens is 3. The van der Waals surface area contributed by atoms with Gasteiger partial charge < -0.3 is 13.7 Å². The molecule has 0 radical (unpaired) electrons. The number of rotatable bonds is 4. The fourth-order valence-corrected chi connectivity index (χ4v) is 4.14. The summed E-state index contributed by atoms with van der Waals surface area (Å²) >= 11 is 1.62. The number of hydrogen-bond acceptors (Lipinski definition) is 6. The summed E-state index contributed by atoms with van der Waals surface area (Å²) in [7, 11) is 1.59. The smallest absolute Gasteiger partial charge is 0.336 e. The van der Waals surface area contributed by atoms with Crippen LogP contribution < -0.4 is 10.4 Å². The van der Waals surface area contributed by atoms with Gasteiger partial charge in [-0.15, -0.1) is 10.2 Å². The van der Waals surface area contributed by atoms with Gasteiger partial charge in [-0.25, -0.2) is 4.79 Å². The maximum absolute atomic E-state index is 11.9. The van der Waals surface area contributed by atoms with Crippen LogP contribution in [-0.4, -0.2) is 21.9 Å². The van der Waals surface area contributed by atoms with Crippen LogP contribution in [0.1, 0.15) is 30.7 Å². The van der Waals surface area contributed by atoms with Gasteiger partial charge in [-0.3, -0.25) is 0 Å². The number of aryl methyl sites for hydroxylation is 1. The van der Waals surface area contributed by atoms with Gasteiger partial charge in [0.15, 0.2) is 5.16 Å². The van der Waals surface area contributed by atoms with E-state index in [0.29, 0.717) is 17.1 Å². The van der Waals surface area contributed by atoms with Crippen LogP contribution in [0.3, 0.4) is 0 Å². The van der Waals surface area contributed by atoms with E-state index in [1.807, 2.05) is 12.1 Å². The normalized spacial score (nSPS) is 14.3. The van der Waals surface area contributed by atoms with Gasteiger partial charge in [0, 0.05) is 36.2 Å². The predicted octanol–water partition coefficient (Wildman–Crippen LogP) is 3.41. The summed E-state index contributed by atoms with van der Waals surface area (Å²) in [5, 5.41) is 10.5. The standard InChI is InChI=1S/C18H19N3O3S/c1-23-13-6-7-14-12(9-17(22)24-15(14)10-13)11-25-18-20-19-16-5-3-2-4-8-21(16)18/h6-7,9-10H,2-5,8,11H2,1H3. The number of thioether (sulfide) groups is 1. The van der Waals surface area contributed by atoms with Crippen molar-refractivity contribution in [2.45, 2.75) is 43.1 Å². The summed E-state index contributed by atoms with van der Waals surface area (Å²) in [5.41, 5.74) is 1.13. The second-order valence-electron chi connectivity index (χ2n) is 6.10. The van der Waals surface area contributed by atoms with Crippen molar-refractivity contribution in [3.8, 4) is 5.75 Å². The molecular weight excluding hydrogens is 338 g/mol. The maximum Gasteiger partial charge on any atom is 0.336 e. The van der Waals surface area contributed by atoms with Gasteiger partial charge in [0.05, 0.1) is 7.11 Å². The Morgan fingerprint density at radius 3 is 3.04 bits per heavy atom. The first kappa shape index (κ1) is 16.2. The molecule has 0 saturated carbocycles. The summed E-state index contributed by atoms with van der Waals surface area (Å²) in [6.45, 7) is 0.972. The molecule has 1 aliphatic heterocycles. The lowest BCUT2D eigenvalue weighted by Crippen LogP contribution is -2.03. The van der Waals surface area contributed by atoms with Crippen LogP contribution >= 0.6 is 11.8 Å². The van der Waals surface area contributed by atoms with Crippen LogP contribution in [0.4, 0.5) is 0 Å². The molecular formula is C18H19N3O3S. The molecule has 0 amide bonds. The molecule has 0 aliphatic carbocycles. The van der Waals surface area contributed by atoms with Crippen LogP contribution in [0, 0.1) is 0 Å². The van der Waals surface area contributed by atoms with Gasteiger partial charge in [-0.2, -0.15) is 0 Å². The van der Waals surface area contributed by atoms with Crippen molar-refractivity contribution >= 4 is 22.7 Å². The predicted molar refractivity (Wildman–Crippen MR) is 96.2 cm³/mol. The number of nitrogens with zero attached hydrogens (tertiary/aromatic N) is 3. The first-order valence-corrected chi connectivity index (χ1v) is 9.39. The summed E-state index contributed by atoms with van der Waals surface area (Å²) < 4.78 is 12.7. The highest BCUT2D eigenvalue weighted by atomic mass is 32.2. The Labute approximate surface area is 149 Å².